The Morgan fingerprint density at radius 2 is 2.06 bits per heavy atom. The van der Waals surface area contributed by atoms with E-state index in [0.717, 1.165) is 19.4 Å². The molecule has 1 aromatic carbocycles. The van der Waals surface area contributed by atoms with Gasteiger partial charge in [0, 0.05) is 25.2 Å². The molecule has 0 radical (unpaired) electrons. The van der Waals surface area contributed by atoms with E-state index in [1.165, 1.54) is 0 Å². The molecular formula is C22H26FN7O. The van der Waals surface area contributed by atoms with Crippen LogP contribution in [0.3, 0.4) is 0 Å². The summed E-state index contributed by atoms with van der Waals surface area (Å²) in [7, 11) is 3.92. The molecule has 9 heteroatoms. The quantitative estimate of drug-likeness (QED) is 0.691. The molecule has 3 fully saturated rings. The highest BCUT2D eigenvalue weighted by Crippen LogP contribution is 2.46. The summed E-state index contributed by atoms with van der Waals surface area (Å²) in [6, 6.07) is 8.64. The highest BCUT2D eigenvalue weighted by molar-refractivity contribution is 5.69. The van der Waals surface area contributed by atoms with E-state index >= 15 is 4.39 Å². The monoisotopic (exact) mass is 423 g/mol. The van der Waals surface area contributed by atoms with Crippen molar-refractivity contribution >= 4 is 5.82 Å². The largest absolute Gasteiger partial charge is 0.507 e. The van der Waals surface area contributed by atoms with Gasteiger partial charge in [-0.05, 0) is 57.0 Å². The van der Waals surface area contributed by atoms with Crippen LogP contribution in [0, 0.1) is 5.92 Å². The maximum atomic E-state index is 15.5. The van der Waals surface area contributed by atoms with E-state index in [9.17, 15) is 5.11 Å². The van der Waals surface area contributed by atoms with Crippen molar-refractivity contribution in [1.29, 1.82) is 0 Å². The zero-order valence-corrected chi connectivity index (χ0v) is 17.9. The van der Waals surface area contributed by atoms with Gasteiger partial charge < -0.3 is 10.0 Å². The maximum Gasteiger partial charge on any atom is 0.151 e. The van der Waals surface area contributed by atoms with Crippen LogP contribution in [0.1, 0.15) is 19.8 Å². The molecule has 4 atom stereocenters. The smallest absolute Gasteiger partial charge is 0.151 e. The van der Waals surface area contributed by atoms with E-state index in [1.54, 1.807) is 29.2 Å². The zero-order chi connectivity index (χ0) is 21.8. The van der Waals surface area contributed by atoms with Gasteiger partial charge in [-0.3, -0.25) is 4.90 Å². The molecule has 162 valence electrons. The van der Waals surface area contributed by atoms with Gasteiger partial charge >= 0.3 is 0 Å². The van der Waals surface area contributed by atoms with E-state index in [4.69, 9.17) is 0 Å². The van der Waals surface area contributed by atoms with Crippen molar-refractivity contribution in [2.24, 2.45) is 5.92 Å². The molecule has 4 heterocycles. The van der Waals surface area contributed by atoms with Crippen molar-refractivity contribution in [3.8, 4) is 22.7 Å². The number of hydrogen-bond donors (Lipinski definition) is 1. The minimum Gasteiger partial charge on any atom is -0.507 e. The van der Waals surface area contributed by atoms with Gasteiger partial charge in [-0.1, -0.05) is 5.21 Å². The van der Waals surface area contributed by atoms with Crippen LogP contribution >= 0.6 is 0 Å². The molecule has 0 spiro atoms. The van der Waals surface area contributed by atoms with Gasteiger partial charge in [-0.2, -0.15) is 0 Å². The second-order valence-corrected chi connectivity index (χ2v) is 8.87. The molecule has 1 saturated carbocycles. The Bertz CT molecular complexity index is 1070. The minimum atomic E-state index is -0.954. The molecule has 0 amide bonds. The molecule has 2 aromatic heterocycles. The molecule has 2 unspecified atom stereocenters. The highest BCUT2D eigenvalue weighted by atomic mass is 19.1. The normalized spacial score (nSPS) is 28.1. The SMILES string of the molecule is CN(c1ccc(-c2ccc(-n3ccnn3)cc2O)nn1)C1C(F)[C@@]2(C)CC[C@@H]1CN2C. The Labute approximate surface area is 180 Å². The molecule has 3 aromatic rings. The van der Waals surface area contributed by atoms with E-state index in [1.807, 2.05) is 44.1 Å². The molecule has 3 aliphatic rings. The maximum absolute atomic E-state index is 15.5. The lowest BCUT2D eigenvalue weighted by Gasteiger charge is -2.58. The van der Waals surface area contributed by atoms with Crippen molar-refractivity contribution < 1.29 is 9.50 Å². The molecular weight excluding hydrogens is 397 g/mol. The van der Waals surface area contributed by atoms with Gasteiger partial charge in [-0.15, -0.1) is 15.3 Å². The topological polar surface area (TPSA) is 83.2 Å². The van der Waals surface area contributed by atoms with Crippen molar-refractivity contribution in [2.75, 3.05) is 25.5 Å². The van der Waals surface area contributed by atoms with Crippen molar-refractivity contribution in [3.05, 3.63) is 42.7 Å². The fraction of sp³-hybridized carbons (Fsp3) is 0.455. The van der Waals surface area contributed by atoms with Crippen LogP contribution in [0.15, 0.2) is 42.7 Å². The summed E-state index contributed by atoms with van der Waals surface area (Å²) < 4.78 is 17.1. The van der Waals surface area contributed by atoms with Crippen molar-refractivity contribution in [1.82, 2.24) is 30.1 Å². The van der Waals surface area contributed by atoms with Crippen LogP contribution in [0.2, 0.25) is 0 Å². The lowest BCUT2D eigenvalue weighted by Crippen LogP contribution is -2.70. The lowest BCUT2D eigenvalue weighted by atomic mass is 9.67. The van der Waals surface area contributed by atoms with E-state index in [2.05, 4.69) is 25.4 Å². The third-order valence-electron chi connectivity index (χ3n) is 7.18. The van der Waals surface area contributed by atoms with Gasteiger partial charge in [0.2, 0.25) is 0 Å². The van der Waals surface area contributed by atoms with Crippen LogP contribution in [-0.4, -0.2) is 73.6 Å². The second kappa shape index (κ2) is 7.26. The first-order valence-electron chi connectivity index (χ1n) is 10.5. The number of rotatable bonds is 4. The molecule has 31 heavy (non-hydrogen) atoms. The number of phenolic OH excluding ortho intramolecular Hbond substituents is 1. The summed E-state index contributed by atoms with van der Waals surface area (Å²) in [6.45, 7) is 2.91. The highest BCUT2D eigenvalue weighted by Gasteiger charge is 2.55. The average molecular weight is 423 g/mol. The van der Waals surface area contributed by atoms with Gasteiger partial charge in [0.25, 0.3) is 0 Å². The number of hydrogen-bond acceptors (Lipinski definition) is 7. The number of phenols is 1. The third kappa shape index (κ3) is 3.15. The van der Waals surface area contributed by atoms with Gasteiger partial charge in [-0.25, -0.2) is 9.07 Å². The molecule has 1 aliphatic carbocycles. The molecule has 2 bridgehead atoms. The molecule has 2 aliphatic heterocycles. The Morgan fingerprint density at radius 3 is 2.71 bits per heavy atom. The summed E-state index contributed by atoms with van der Waals surface area (Å²) in [5.74, 6) is 0.975. The van der Waals surface area contributed by atoms with Crippen LogP contribution in [0.5, 0.6) is 5.75 Å². The van der Waals surface area contributed by atoms with Crippen LogP contribution in [0.4, 0.5) is 10.2 Å². The first-order chi connectivity index (χ1) is 14.9. The lowest BCUT2D eigenvalue weighted by molar-refractivity contribution is -0.0816. The van der Waals surface area contributed by atoms with Gasteiger partial charge in [0.05, 0.1) is 35.4 Å². The number of alkyl halides is 1. The van der Waals surface area contributed by atoms with E-state index in [0.29, 0.717) is 22.8 Å². The number of aromatic nitrogens is 5. The number of halogens is 1. The van der Waals surface area contributed by atoms with Crippen LogP contribution in [-0.2, 0) is 0 Å². The Morgan fingerprint density at radius 1 is 1.23 bits per heavy atom. The standard InChI is InChI=1S/C22H26FN7O/c1-22-9-8-14(13-28(22)2)20(21(22)23)29(3)19-7-6-17(25-26-19)16-5-4-15(12-18(16)31)30-11-10-24-27-30/h4-7,10-12,14,20-21,31H,8-9,13H2,1-3H3/t14-,20?,21?,22-/m1/s1. The van der Waals surface area contributed by atoms with Crippen molar-refractivity contribution in [2.45, 2.75) is 37.5 Å². The predicted octanol–water partition coefficient (Wildman–Crippen LogP) is 2.69. The van der Waals surface area contributed by atoms with Gasteiger partial charge in [0.1, 0.15) is 11.9 Å². The third-order valence-corrected chi connectivity index (χ3v) is 7.18. The molecule has 8 nitrogen and oxygen atoms in total. The summed E-state index contributed by atoms with van der Waals surface area (Å²) in [4.78, 5) is 4.10. The fourth-order valence-electron chi connectivity index (χ4n) is 5.10. The van der Waals surface area contributed by atoms with E-state index < -0.39 is 11.7 Å². The molecule has 2 saturated heterocycles. The van der Waals surface area contributed by atoms with E-state index in [-0.39, 0.29) is 17.7 Å². The predicted molar refractivity (Wildman–Crippen MR) is 115 cm³/mol. The summed E-state index contributed by atoms with van der Waals surface area (Å²) >= 11 is 0. The zero-order valence-electron chi connectivity index (χ0n) is 17.9. The minimum absolute atomic E-state index is 0.0766. The fourth-order valence-corrected chi connectivity index (χ4v) is 5.10. The number of piperidine rings is 2. The summed E-state index contributed by atoms with van der Waals surface area (Å²) in [5.41, 5.74) is 1.38. The summed E-state index contributed by atoms with van der Waals surface area (Å²) in [6.07, 6.45) is 4.23. The Hall–Kier alpha value is -3.07. The van der Waals surface area contributed by atoms with Crippen LogP contribution < -0.4 is 4.90 Å². The first-order valence-corrected chi connectivity index (χ1v) is 10.5. The number of fused-ring (bicyclic) bond motifs is 3. The second-order valence-electron chi connectivity index (χ2n) is 8.87. The van der Waals surface area contributed by atoms with Gasteiger partial charge in [0.15, 0.2) is 5.82 Å². The number of anilines is 1. The first kappa shape index (κ1) is 19.9. The number of nitrogens with zero attached hydrogens (tertiary/aromatic N) is 7. The Balaban J connectivity index is 1.38. The Kier molecular flexibility index (Phi) is 4.65. The average Bonchev–Trinajstić information content (AvgIpc) is 3.30. The molecule has 1 N–H and O–H groups in total. The summed E-state index contributed by atoms with van der Waals surface area (Å²) in [5, 5.41) is 26.9. The van der Waals surface area contributed by atoms with Crippen LogP contribution in [0.25, 0.3) is 16.9 Å². The molecule has 6 rings (SSSR count). The number of benzene rings is 1. The van der Waals surface area contributed by atoms with Crippen molar-refractivity contribution in [3.63, 3.8) is 0 Å². The number of aromatic hydroxyl groups is 1.